The van der Waals surface area contributed by atoms with Gasteiger partial charge in [0.25, 0.3) is 17.7 Å². The Balaban J connectivity index is 1.67. The van der Waals surface area contributed by atoms with Crippen LogP contribution in [0.25, 0.3) is 0 Å². The molecule has 1 aliphatic heterocycles. The molecule has 1 aliphatic rings. The third-order valence-corrected chi connectivity index (χ3v) is 3.39. The maximum Gasteiger partial charge on any atom is 0.262 e. The number of carbonyl (C=O) groups excluding carboxylic acids is 3. The van der Waals surface area contributed by atoms with Gasteiger partial charge in [-0.3, -0.25) is 19.7 Å². The van der Waals surface area contributed by atoms with E-state index in [1.165, 1.54) is 12.1 Å². The highest BCUT2D eigenvalue weighted by Gasteiger charge is 2.29. The van der Waals surface area contributed by atoms with Gasteiger partial charge in [-0.2, -0.15) is 5.26 Å². The lowest BCUT2D eigenvalue weighted by Crippen LogP contribution is -2.23. The minimum absolute atomic E-state index is 0.147. The van der Waals surface area contributed by atoms with Crippen molar-refractivity contribution < 1.29 is 19.1 Å². The summed E-state index contributed by atoms with van der Waals surface area (Å²) in [4.78, 5) is 35.4. The number of anilines is 1. The molecule has 7 heteroatoms. The number of hydrogen-bond acceptors (Lipinski definition) is 5. The second-order valence-corrected chi connectivity index (χ2v) is 4.98. The van der Waals surface area contributed by atoms with Gasteiger partial charge in [0.15, 0.2) is 6.61 Å². The van der Waals surface area contributed by atoms with E-state index in [9.17, 15) is 14.4 Å². The predicted octanol–water partition coefficient (Wildman–Crippen LogP) is 1.46. The Hall–Kier alpha value is -3.66. The molecule has 0 aliphatic carbocycles. The number of nitriles is 1. The van der Waals surface area contributed by atoms with Gasteiger partial charge in [0.05, 0.1) is 28.4 Å². The van der Waals surface area contributed by atoms with Crippen LogP contribution in [0.2, 0.25) is 0 Å². The summed E-state index contributed by atoms with van der Waals surface area (Å²) in [5.41, 5.74) is 1.12. The van der Waals surface area contributed by atoms with Gasteiger partial charge in [0.1, 0.15) is 5.75 Å². The molecule has 0 fully saturated rings. The summed E-state index contributed by atoms with van der Waals surface area (Å²) >= 11 is 0. The first-order chi connectivity index (χ1) is 11.6. The van der Waals surface area contributed by atoms with Crippen molar-refractivity contribution in [2.45, 2.75) is 0 Å². The van der Waals surface area contributed by atoms with E-state index in [2.05, 4.69) is 10.6 Å². The van der Waals surface area contributed by atoms with Crippen LogP contribution in [0.1, 0.15) is 26.3 Å². The quantitative estimate of drug-likeness (QED) is 0.829. The Labute approximate surface area is 136 Å². The van der Waals surface area contributed by atoms with Gasteiger partial charge < -0.3 is 10.1 Å². The van der Waals surface area contributed by atoms with Crippen LogP contribution in [-0.2, 0) is 4.79 Å². The lowest BCUT2D eigenvalue weighted by Gasteiger charge is -2.09. The molecule has 2 aromatic rings. The van der Waals surface area contributed by atoms with E-state index < -0.39 is 17.7 Å². The monoisotopic (exact) mass is 321 g/mol. The van der Waals surface area contributed by atoms with Crippen LogP contribution in [0.4, 0.5) is 5.69 Å². The van der Waals surface area contributed by atoms with Crippen LogP contribution >= 0.6 is 0 Å². The maximum absolute atomic E-state index is 12.0. The van der Waals surface area contributed by atoms with E-state index in [1.807, 2.05) is 6.07 Å². The molecule has 0 atom stereocenters. The van der Waals surface area contributed by atoms with Crippen molar-refractivity contribution >= 4 is 23.4 Å². The highest BCUT2D eigenvalue weighted by atomic mass is 16.5. The Bertz CT molecular complexity index is 882. The van der Waals surface area contributed by atoms with Gasteiger partial charge in [-0.15, -0.1) is 0 Å². The number of hydrogen-bond donors (Lipinski definition) is 2. The average Bonchev–Trinajstić information content (AvgIpc) is 2.89. The molecule has 2 aromatic carbocycles. The fourth-order valence-corrected chi connectivity index (χ4v) is 2.28. The predicted molar refractivity (Wildman–Crippen MR) is 83.5 cm³/mol. The molecule has 1 heterocycles. The van der Waals surface area contributed by atoms with Crippen LogP contribution in [0.3, 0.4) is 0 Å². The van der Waals surface area contributed by atoms with Crippen LogP contribution in [0, 0.1) is 11.3 Å². The number of amides is 3. The van der Waals surface area contributed by atoms with Crippen molar-refractivity contribution in [2.24, 2.45) is 0 Å². The third kappa shape index (κ3) is 2.94. The zero-order valence-corrected chi connectivity index (χ0v) is 12.3. The smallest absolute Gasteiger partial charge is 0.262 e. The number of nitrogens with one attached hydrogen (secondary N) is 2. The minimum atomic E-state index is -0.543. The summed E-state index contributed by atoms with van der Waals surface area (Å²) in [6.07, 6.45) is 0. The van der Waals surface area contributed by atoms with Crippen molar-refractivity contribution in [3.63, 3.8) is 0 Å². The normalized spacial score (nSPS) is 12.1. The molecule has 0 aromatic heterocycles. The highest BCUT2D eigenvalue weighted by Crippen LogP contribution is 2.24. The number of fused-ring (bicyclic) bond motifs is 1. The first-order valence-electron chi connectivity index (χ1n) is 7.00. The van der Waals surface area contributed by atoms with Gasteiger partial charge >= 0.3 is 0 Å². The van der Waals surface area contributed by atoms with E-state index >= 15 is 0 Å². The van der Waals surface area contributed by atoms with E-state index in [-0.39, 0.29) is 23.4 Å². The van der Waals surface area contributed by atoms with Crippen molar-refractivity contribution in [1.29, 1.82) is 5.26 Å². The van der Waals surface area contributed by atoms with Crippen molar-refractivity contribution in [2.75, 3.05) is 11.9 Å². The third-order valence-electron chi connectivity index (χ3n) is 3.39. The standard InChI is InChI=1S/C17H11N3O4/c18-8-10-4-6-11(7-5-10)24-9-14(21)19-13-3-1-2-12-15(13)17(23)20-16(12)22/h1-7H,9H2,(H,19,21)(H,20,22,23). The maximum atomic E-state index is 12.0. The molecule has 3 rings (SSSR count). The number of imide groups is 1. The molecule has 0 saturated heterocycles. The molecule has 0 saturated carbocycles. The molecule has 0 radical (unpaired) electrons. The number of rotatable bonds is 4. The molecule has 2 N–H and O–H groups in total. The van der Waals surface area contributed by atoms with Crippen molar-refractivity contribution in [1.82, 2.24) is 5.32 Å². The molecule has 0 unspecified atom stereocenters. The van der Waals surface area contributed by atoms with Gasteiger partial charge in [-0.1, -0.05) is 6.07 Å². The summed E-state index contributed by atoms with van der Waals surface area (Å²) in [7, 11) is 0. The molecular formula is C17H11N3O4. The number of benzene rings is 2. The van der Waals surface area contributed by atoms with E-state index in [0.29, 0.717) is 11.3 Å². The van der Waals surface area contributed by atoms with Crippen LogP contribution < -0.4 is 15.4 Å². The highest BCUT2D eigenvalue weighted by molar-refractivity contribution is 6.24. The average molecular weight is 321 g/mol. The molecule has 0 bridgehead atoms. The lowest BCUT2D eigenvalue weighted by atomic mass is 10.1. The number of carbonyl (C=O) groups is 3. The summed E-state index contributed by atoms with van der Waals surface area (Å²) in [6.45, 7) is -0.273. The first kappa shape index (κ1) is 15.2. The van der Waals surface area contributed by atoms with Gasteiger partial charge in [0.2, 0.25) is 0 Å². The zero-order chi connectivity index (χ0) is 17.1. The topological polar surface area (TPSA) is 108 Å². The van der Waals surface area contributed by atoms with Crippen LogP contribution in [0.15, 0.2) is 42.5 Å². The summed E-state index contributed by atoms with van der Waals surface area (Å²) in [5, 5.41) is 13.5. The minimum Gasteiger partial charge on any atom is -0.484 e. The Kier molecular flexibility index (Phi) is 3.95. The van der Waals surface area contributed by atoms with Crippen molar-refractivity contribution in [3.8, 4) is 11.8 Å². The number of ether oxygens (including phenoxy) is 1. The summed E-state index contributed by atoms with van der Waals surface area (Å²) in [6, 6.07) is 12.9. The molecule has 3 amide bonds. The Morgan fingerprint density at radius 1 is 1.12 bits per heavy atom. The van der Waals surface area contributed by atoms with Crippen LogP contribution in [-0.4, -0.2) is 24.3 Å². The molecule has 24 heavy (non-hydrogen) atoms. The Morgan fingerprint density at radius 3 is 2.58 bits per heavy atom. The SMILES string of the molecule is N#Cc1ccc(OCC(=O)Nc2cccc3c2C(=O)NC3=O)cc1. The number of nitrogens with zero attached hydrogens (tertiary/aromatic N) is 1. The van der Waals surface area contributed by atoms with Gasteiger partial charge in [-0.25, -0.2) is 0 Å². The lowest BCUT2D eigenvalue weighted by molar-refractivity contribution is -0.118. The molecule has 7 nitrogen and oxygen atoms in total. The molecule has 0 spiro atoms. The Morgan fingerprint density at radius 2 is 1.88 bits per heavy atom. The molecular weight excluding hydrogens is 310 g/mol. The second-order valence-electron chi connectivity index (χ2n) is 4.98. The summed E-state index contributed by atoms with van der Waals surface area (Å²) in [5.74, 6) is -1.06. The fourth-order valence-electron chi connectivity index (χ4n) is 2.28. The van der Waals surface area contributed by atoms with Crippen LogP contribution in [0.5, 0.6) is 5.75 Å². The zero-order valence-electron chi connectivity index (χ0n) is 12.3. The molecule has 118 valence electrons. The fraction of sp³-hybridized carbons (Fsp3) is 0.0588. The van der Waals surface area contributed by atoms with E-state index in [1.54, 1.807) is 30.3 Å². The van der Waals surface area contributed by atoms with Gasteiger partial charge in [-0.05, 0) is 36.4 Å². The van der Waals surface area contributed by atoms with Gasteiger partial charge in [0, 0.05) is 0 Å². The van der Waals surface area contributed by atoms with Crippen molar-refractivity contribution in [3.05, 3.63) is 59.2 Å². The van der Waals surface area contributed by atoms with E-state index in [4.69, 9.17) is 10.00 Å². The largest absolute Gasteiger partial charge is 0.484 e. The van der Waals surface area contributed by atoms with E-state index in [0.717, 1.165) is 0 Å². The first-order valence-corrected chi connectivity index (χ1v) is 7.00. The summed E-state index contributed by atoms with van der Waals surface area (Å²) < 4.78 is 5.32. The second kappa shape index (κ2) is 6.22.